The molecule has 5 nitrogen and oxygen atoms in total. The van der Waals surface area contributed by atoms with Crippen molar-refractivity contribution >= 4 is 5.69 Å². The van der Waals surface area contributed by atoms with Crippen LogP contribution in [-0.2, 0) is 0 Å². The molecule has 1 N–H and O–H groups in total. The van der Waals surface area contributed by atoms with E-state index >= 15 is 0 Å². The smallest absolute Gasteiger partial charge is 0.313 e. The zero-order valence-electron chi connectivity index (χ0n) is 10.7. The molecule has 0 unspecified atom stereocenters. The Morgan fingerprint density at radius 3 is 2.89 bits per heavy atom. The van der Waals surface area contributed by atoms with Gasteiger partial charge in [-0.3, -0.25) is 10.1 Å². The van der Waals surface area contributed by atoms with E-state index in [-0.39, 0.29) is 18.0 Å². The van der Waals surface area contributed by atoms with Crippen LogP contribution in [0.15, 0.2) is 30.4 Å². The standard InChI is InChI=1S/C13H18N2O3/c1-4-14-8-10(2)9-18-12-7-5-6-11(3)13(12)15(16)17/h5-7,14H,2,4,8-9H2,1,3H3. The normalized spacial score (nSPS) is 10.1. The molecular weight excluding hydrogens is 232 g/mol. The Balaban J connectivity index is 2.70. The molecule has 0 saturated carbocycles. The first kappa shape index (κ1) is 14.2. The second-order valence-corrected chi connectivity index (χ2v) is 4.00. The van der Waals surface area contributed by atoms with Gasteiger partial charge in [-0.1, -0.05) is 25.6 Å². The van der Waals surface area contributed by atoms with Crippen LogP contribution in [0.4, 0.5) is 5.69 Å². The number of rotatable bonds is 7. The molecule has 0 heterocycles. The third kappa shape index (κ3) is 3.85. The molecule has 1 aromatic rings. The number of ether oxygens (including phenoxy) is 1. The van der Waals surface area contributed by atoms with Crippen molar-refractivity contribution in [3.8, 4) is 5.75 Å². The summed E-state index contributed by atoms with van der Waals surface area (Å²) < 4.78 is 5.46. The lowest BCUT2D eigenvalue weighted by Crippen LogP contribution is -2.19. The van der Waals surface area contributed by atoms with Gasteiger partial charge < -0.3 is 10.1 Å². The second-order valence-electron chi connectivity index (χ2n) is 4.00. The van der Waals surface area contributed by atoms with Crippen LogP contribution >= 0.6 is 0 Å². The van der Waals surface area contributed by atoms with Crippen molar-refractivity contribution in [2.75, 3.05) is 19.7 Å². The highest BCUT2D eigenvalue weighted by Crippen LogP contribution is 2.30. The van der Waals surface area contributed by atoms with Crippen molar-refractivity contribution in [2.24, 2.45) is 0 Å². The van der Waals surface area contributed by atoms with Gasteiger partial charge in [0.2, 0.25) is 0 Å². The molecule has 1 aromatic carbocycles. The number of nitro groups is 1. The summed E-state index contributed by atoms with van der Waals surface area (Å²) in [4.78, 5) is 10.5. The summed E-state index contributed by atoms with van der Waals surface area (Å²) in [6, 6.07) is 5.04. The van der Waals surface area contributed by atoms with Gasteiger partial charge in [0, 0.05) is 12.1 Å². The average Bonchev–Trinajstić information content (AvgIpc) is 2.33. The quantitative estimate of drug-likeness (QED) is 0.458. The Morgan fingerprint density at radius 2 is 2.28 bits per heavy atom. The monoisotopic (exact) mass is 250 g/mol. The van der Waals surface area contributed by atoms with Crippen LogP contribution in [0.3, 0.4) is 0 Å². The number of nitrogens with one attached hydrogen (secondary N) is 1. The highest BCUT2D eigenvalue weighted by Gasteiger charge is 2.17. The van der Waals surface area contributed by atoms with Crippen molar-refractivity contribution < 1.29 is 9.66 Å². The van der Waals surface area contributed by atoms with Gasteiger partial charge >= 0.3 is 5.69 Å². The third-order valence-corrected chi connectivity index (χ3v) is 2.44. The summed E-state index contributed by atoms with van der Waals surface area (Å²) in [6.45, 7) is 9.31. The lowest BCUT2D eigenvalue weighted by Gasteiger charge is -2.10. The zero-order valence-corrected chi connectivity index (χ0v) is 10.7. The largest absolute Gasteiger partial charge is 0.482 e. The first-order chi connectivity index (χ1) is 8.56. The molecule has 0 aliphatic heterocycles. The van der Waals surface area contributed by atoms with Gasteiger partial charge in [-0.15, -0.1) is 0 Å². The lowest BCUT2D eigenvalue weighted by molar-refractivity contribution is -0.386. The van der Waals surface area contributed by atoms with Gasteiger partial charge in [-0.25, -0.2) is 0 Å². The summed E-state index contributed by atoms with van der Waals surface area (Å²) >= 11 is 0. The van der Waals surface area contributed by atoms with Gasteiger partial charge in [-0.2, -0.15) is 0 Å². The van der Waals surface area contributed by atoms with E-state index in [1.165, 1.54) is 0 Å². The zero-order chi connectivity index (χ0) is 13.5. The van der Waals surface area contributed by atoms with E-state index in [0.717, 1.165) is 12.1 Å². The summed E-state index contributed by atoms with van der Waals surface area (Å²) in [5.41, 5.74) is 1.47. The molecule has 0 radical (unpaired) electrons. The van der Waals surface area contributed by atoms with Gasteiger partial charge in [0.25, 0.3) is 0 Å². The third-order valence-electron chi connectivity index (χ3n) is 2.44. The predicted molar refractivity (Wildman–Crippen MR) is 71.0 cm³/mol. The first-order valence-electron chi connectivity index (χ1n) is 5.80. The fourth-order valence-electron chi connectivity index (χ4n) is 1.52. The van der Waals surface area contributed by atoms with Crippen LogP contribution in [0.5, 0.6) is 5.75 Å². The molecule has 0 spiro atoms. The summed E-state index contributed by atoms with van der Waals surface area (Å²) in [5, 5.41) is 14.1. The molecule has 5 heteroatoms. The van der Waals surface area contributed by atoms with Gasteiger partial charge in [0.1, 0.15) is 6.61 Å². The highest BCUT2D eigenvalue weighted by atomic mass is 16.6. The number of benzene rings is 1. The maximum atomic E-state index is 11.0. The average molecular weight is 250 g/mol. The maximum Gasteiger partial charge on any atom is 0.313 e. The SMILES string of the molecule is C=C(CNCC)COc1cccc(C)c1[N+](=O)[O-]. The van der Waals surface area contributed by atoms with Gasteiger partial charge in [0.05, 0.1) is 4.92 Å². The number of aryl methyl sites for hydroxylation is 1. The topological polar surface area (TPSA) is 64.4 Å². The van der Waals surface area contributed by atoms with E-state index < -0.39 is 4.92 Å². The highest BCUT2D eigenvalue weighted by molar-refractivity contribution is 5.52. The van der Waals surface area contributed by atoms with E-state index in [2.05, 4.69) is 11.9 Å². The molecule has 98 valence electrons. The molecule has 0 aliphatic rings. The van der Waals surface area contributed by atoms with Crippen LogP contribution in [0.2, 0.25) is 0 Å². The van der Waals surface area contributed by atoms with Crippen molar-refractivity contribution in [3.63, 3.8) is 0 Å². The first-order valence-corrected chi connectivity index (χ1v) is 5.80. The summed E-state index contributed by atoms with van der Waals surface area (Å²) in [7, 11) is 0. The molecular formula is C13H18N2O3. The van der Waals surface area contributed by atoms with Crippen molar-refractivity contribution in [3.05, 3.63) is 46.0 Å². The predicted octanol–water partition coefficient (Wildman–Crippen LogP) is 2.45. The minimum absolute atomic E-state index is 0.0220. The van der Waals surface area contributed by atoms with E-state index in [1.54, 1.807) is 25.1 Å². The van der Waals surface area contributed by atoms with Crippen LogP contribution in [0, 0.1) is 17.0 Å². The van der Waals surface area contributed by atoms with Crippen LogP contribution in [-0.4, -0.2) is 24.6 Å². The number of para-hydroxylation sites is 1. The minimum atomic E-state index is -0.419. The van der Waals surface area contributed by atoms with E-state index in [9.17, 15) is 10.1 Å². The van der Waals surface area contributed by atoms with Crippen molar-refractivity contribution in [2.45, 2.75) is 13.8 Å². The van der Waals surface area contributed by atoms with Crippen molar-refractivity contribution in [1.82, 2.24) is 5.32 Å². The van der Waals surface area contributed by atoms with Crippen LogP contribution in [0.25, 0.3) is 0 Å². The molecule has 0 atom stereocenters. The lowest BCUT2D eigenvalue weighted by atomic mass is 10.2. The Kier molecular flexibility index (Phi) is 5.32. The Morgan fingerprint density at radius 1 is 1.56 bits per heavy atom. The molecule has 0 saturated heterocycles. The Labute approximate surface area is 107 Å². The van der Waals surface area contributed by atoms with E-state index in [4.69, 9.17) is 4.74 Å². The second kappa shape index (κ2) is 6.76. The minimum Gasteiger partial charge on any atom is -0.482 e. The number of hydrogen-bond donors (Lipinski definition) is 1. The molecule has 0 aromatic heterocycles. The van der Waals surface area contributed by atoms with E-state index in [0.29, 0.717) is 12.1 Å². The Hall–Kier alpha value is -1.88. The number of hydrogen-bond acceptors (Lipinski definition) is 4. The van der Waals surface area contributed by atoms with Crippen LogP contribution < -0.4 is 10.1 Å². The van der Waals surface area contributed by atoms with Gasteiger partial charge in [0.15, 0.2) is 5.75 Å². The number of nitro benzene ring substituents is 1. The number of nitrogens with zero attached hydrogens (tertiary/aromatic N) is 1. The molecule has 18 heavy (non-hydrogen) atoms. The molecule has 0 aliphatic carbocycles. The maximum absolute atomic E-state index is 11.0. The van der Waals surface area contributed by atoms with Crippen LogP contribution in [0.1, 0.15) is 12.5 Å². The molecule has 1 rings (SSSR count). The fraction of sp³-hybridized carbons (Fsp3) is 0.385. The number of likely N-dealkylation sites (N-methyl/N-ethyl adjacent to an activating group) is 1. The Bertz CT molecular complexity index is 444. The summed E-state index contributed by atoms with van der Waals surface area (Å²) in [5.74, 6) is 0.289. The van der Waals surface area contributed by atoms with Gasteiger partial charge in [-0.05, 0) is 25.1 Å². The summed E-state index contributed by atoms with van der Waals surface area (Å²) in [6.07, 6.45) is 0. The molecule has 0 amide bonds. The fourth-order valence-corrected chi connectivity index (χ4v) is 1.52. The van der Waals surface area contributed by atoms with E-state index in [1.807, 2.05) is 6.92 Å². The molecule has 0 bridgehead atoms. The molecule has 0 fully saturated rings. The van der Waals surface area contributed by atoms with Crippen molar-refractivity contribution in [1.29, 1.82) is 0 Å².